The normalized spacial score (nSPS) is 25.3. The second-order valence-corrected chi connectivity index (χ2v) is 8.87. The third kappa shape index (κ3) is 4.07. The number of nitrogens with zero attached hydrogens (tertiary/aromatic N) is 6. The van der Waals surface area contributed by atoms with Gasteiger partial charge in [0.1, 0.15) is 17.7 Å². The zero-order chi connectivity index (χ0) is 22.2. The highest BCUT2D eigenvalue weighted by Crippen LogP contribution is 2.27. The van der Waals surface area contributed by atoms with Crippen LogP contribution in [0.1, 0.15) is 11.7 Å². The molecule has 0 spiro atoms. The quantitative estimate of drug-likeness (QED) is 0.629. The Kier molecular flexibility index (Phi) is 5.23. The molecule has 2 unspecified atom stereocenters. The highest BCUT2D eigenvalue weighted by atomic mass is 16.5. The topological polar surface area (TPSA) is 107 Å². The van der Waals surface area contributed by atoms with E-state index >= 15 is 0 Å². The number of aliphatic imine (C=N–C) groups is 1. The molecule has 0 saturated carbocycles. The molecule has 2 fully saturated rings. The molecule has 1 aromatic carbocycles. The molecule has 0 aliphatic carbocycles. The number of rotatable bonds is 4. The molecule has 5 heterocycles. The van der Waals surface area contributed by atoms with Gasteiger partial charge in [0.25, 0.3) is 0 Å². The lowest BCUT2D eigenvalue weighted by Gasteiger charge is -2.43. The summed E-state index contributed by atoms with van der Waals surface area (Å²) >= 11 is 0. The SMILES string of the molecule is Nc1cncc(C2CN3C=CNC3C(Nc3ccc(N4CCN(C5COC5)CC4)cc3)=N2)n1. The molecule has 1 aromatic heterocycles. The molecule has 10 nitrogen and oxygen atoms in total. The van der Waals surface area contributed by atoms with Gasteiger partial charge in [0.2, 0.25) is 0 Å². The van der Waals surface area contributed by atoms with Gasteiger partial charge in [-0.25, -0.2) is 4.98 Å². The van der Waals surface area contributed by atoms with Gasteiger partial charge in [-0.1, -0.05) is 0 Å². The maximum absolute atomic E-state index is 5.85. The Morgan fingerprint density at radius 3 is 2.61 bits per heavy atom. The van der Waals surface area contributed by atoms with Crippen molar-refractivity contribution >= 4 is 23.0 Å². The molecular weight excluding hydrogens is 418 g/mol. The molecule has 0 amide bonds. The van der Waals surface area contributed by atoms with Crippen molar-refractivity contribution < 1.29 is 4.74 Å². The fourth-order valence-electron chi connectivity index (χ4n) is 4.79. The summed E-state index contributed by atoms with van der Waals surface area (Å²) in [5, 5.41) is 6.89. The van der Waals surface area contributed by atoms with E-state index in [1.807, 2.05) is 12.4 Å². The third-order valence-electron chi connectivity index (χ3n) is 6.76. The Labute approximate surface area is 193 Å². The van der Waals surface area contributed by atoms with Crippen molar-refractivity contribution in [1.82, 2.24) is 25.1 Å². The van der Waals surface area contributed by atoms with Crippen LogP contribution in [0.15, 0.2) is 54.1 Å². The first kappa shape index (κ1) is 20.3. The lowest BCUT2D eigenvalue weighted by molar-refractivity contribution is -0.0660. The second kappa shape index (κ2) is 8.53. The number of ether oxygens (including phenoxy) is 1. The van der Waals surface area contributed by atoms with Gasteiger partial charge in [0.05, 0.1) is 37.3 Å². The summed E-state index contributed by atoms with van der Waals surface area (Å²) in [4.78, 5) is 20.8. The van der Waals surface area contributed by atoms with Crippen molar-refractivity contribution in [1.29, 1.82) is 0 Å². The van der Waals surface area contributed by atoms with Crippen LogP contribution in [0.25, 0.3) is 0 Å². The van der Waals surface area contributed by atoms with Crippen LogP contribution in [0, 0.1) is 0 Å². The van der Waals surface area contributed by atoms with E-state index in [1.165, 1.54) is 5.69 Å². The lowest BCUT2D eigenvalue weighted by atomic mass is 10.1. The monoisotopic (exact) mass is 447 g/mol. The molecule has 4 aliphatic rings. The molecule has 6 rings (SSSR count). The van der Waals surface area contributed by atoms with Crippen LogP contribution in [0.5, 0.6) is 0 Å². The number of amidine groups is 1. The van der Waals surface area contributed by atoms with Gasteiger partial charge >= 0.3 is 0 Å². The van der Waals surface area contributed by atoms with Crippen molar-refractivity contribution in [3.05, 3.63) is 54.8 Å². The summed E-state index contributed by atoms with van der Waals surface area (Å²) in [6.45, 7) is 6.77. The number of benzene rings is 1. The minimum atomic E-state index is -0.138. The van der Waals surface area contributed by atoms with E-state index in [4.69, 9.17) is 15.5 Å². The van der Waals surface area contributed by atoms with Crippen molar-refractivity contribution in [3.8, 4) is 0 Å². The highest BCUT2D eigenvalue weighted by molar-refractivity contribution is 6.00. The van der Waals surface area contributed by atoms with Crippen molar-refractivity contribution in [2.75, 3.05) is 61.9 Å². The van der Waals surface area contributed by atoms with Gasteiger partial charge in [0, 0.05) is 56.5 Å². The van der Waals surface area contributed by atoms with Crippen molar-refractivity contribution in [2.24, 2.45) is 4.99 Å². The lowest BCUT2D eigenvalue weighted by Crippen LogP contribution is -2.56. The number of hydrogen-bond donors (Lipinski definition) is 3. The van der Waals surface area contributed by atoms with Crippen LogP contribution in [-0.2, 0) is 4.74 Å². The first-order valence-corrected chi connectivity index (χ1v) is 11.5. The van der Waals surface area contributed by atoms with E-state index < -0.39 is 0 Å². The first-order valence-electron chi connectivity index (χ1n) is 11.5. The zero-order valence-electron chi connectivity index (χ0n) is 18.5. The number of piperazine rings is 1. The number of nitrogens with two attached hydrogens (primary N) is 1. The fourth-order valence-corrected chi connectivity index (χ4v) is 4.79. The molecule has 10 heteroatoms. The summed E-state index contributed by atoms with van der Waals surface area (Å²) in [5.41, 5.74) is 8.89. The van der Waals surface area contributed by atoms with Gasteiger partial charge in [0.15, 0.2) is 6.17 Å². The predicted molar refractivity (Wildman–Crippen MR) is 128 cm³/mol. The zero-order valence-corrected chi connectivity index (χ0v) is 18.5. The van der Waals surface area contributed by atoms with Crippen LogP contribution in [0.3, 0.4) is 0 Å². The van der Waals surface area contributed by atoms with E-state index in [9.17, 15) is 0 Å². The maximum Gasteiger partial charge on any atom is 0.158 e. The number of fused-ring (bicyclic) bond motifs is 1. The minimum Gasteiger partial charge on any atom is -0.382 e. The van der Waals surface area contributed by atoms with Gasteiger partial charge in [-0.3, -0.25) is 14.9 Å². The maximum atomic E-state index is 5.85. The molecule has 172 valence electrons. The highest BCUT2D eigenvalue weighted by Gasteiger charge is 2.33. The molecule has 2 saturated heterocycles. The smallest absolute Gasteiger partial charge is 0.158 e. The Balaban J connectivity index is 1.14. The van der Waals surface area contributed by atoms with Gasteiger partial charge < -0.3 is 30.9 Å². The number of nitrogens with one attached hydrogen (secondary N) is 2. The largest absolute Gasteiger partial charge is 0.382 e. The molecule has 33 heavy (non-hydrogen) atoms. The predicted octanol–water partition coefficient (Wildman–Crippen LogP) is 0.847. The Morgan fingerprint density at radius 1 is 1.06 bits per heavy atom. The van der Waals surface area contributed by atoms with Crippen molar-refractivity contribution in [2.45, 2.75) is 18.2 Å². The van der Waals surface area contributed by atoms with E-state index in [-0.39, 0.29) is 12.2 Å². The van der Waals surface area contributed by atoms with Crippen LogP contribution < -0.4 is 21.3 Å². The van der Waals surface area contributed by atoms with E-state index in [1.54, 1.807) is 12.4 Å². The summed E-state index contributed by atoms with van der Waals surface area (Å²) < 4.78 is 5.34. The Hall–Kier alpha value is -3.37. The van der Waals surface area contributed by atoms with Crippen LogP contribution in [0.4, 0.5) is 17.2 Å². The molecule has 4 N–H and O–H groups in total. The number of hydrogen-bond acceptors (Lipinski definition) is 10. The summed E-state index contributed by atoms with van der Waals surface area (Å²) in [5.74, 6) is 1.26. The average molecular weight is 448 g/mol. The van der Waals surface area contributed by atoms with Crippen LogP contribution in [-0.4, -0.2) is 83.7 Å². The van der Waals surface area contributed by atoms with Crippen LogP contribution >= 0.6 is 0 Å². The Bertz CT molecular complexity index is 1040. The second-order valence-electron chi connectivity index (χ2n) is 8.87. The van der Waals surface area contributed by atoms with E-state index in [0.29, 0.717) is 11.9 Å². The molecule has 0 bridgehead atoms. The van der Waals surface area contributed by atoms with Crippen LogP contribution in [0.2, 0.25) is 0 Å². The third-order valence-corrected chi connectivity index (χ3v) is 6.76. The molecular formula is C23H29N9O. The summed E-state index contributed by atoms with van der Waals surface area (Å²) in [7, 11) is 0. The number of nitrogen functional groups attached to an aromatic ring is 1. The Morgan fingerprint density at radius 2 is 1.88 bits per heavy atom. The summed E-state index contributed by atoms with van der Waals surface area (Å²) in [6, 6.07) is 9.11. The van der Waals surface area contributed by atoms with E-state index in [2.05, 4.69) is 59.6 Å². The standard InChI is InChI=1S/C23H29N9O/c24-21-12-25-11-19(28-21)20-13-32-6-5-26-23(32)22(29-20)27-16-1-3-17(4-2-16)30-7-9-31(10-8-30)18-14-33-15-18/h1-6,11-12,18,20,23,26H,7-10,13-15H2,(H2,24,28)(H,27,29). The molecule has 2 atom stereocenters. The summed E-state index contributed by atoms with van der Waals surface area (Å²) in [6.07, 6.45) is 7.28. The molecule has 0 radical (unpaired) electrons. The van der Waals surface area contributed by atoms with Gasteiger partial charge in [-0.2, -0.15) is 0 Å². The number of aromatic nitrogens is 2. The molecule has 4 aliphatic heterocycles. The molecule has 2 aromatic rings. The average Bonchev–Trinajstić information content (AvgIpc) is 3.28. The first-order chi connectivity index (χ1) is 16.2. The minimum absolute atomic E-state index is 0.0153. The van der Waals surface area contributed by atoms with Gasteiger partial charge in [-0.15, -0.1) is 0 Å². The number of anilines is 3. The fraction of sp³-hybridized carbons (Fsp3) is 0.435. The van der Waals surface area contributed by atoms with Gasteiger partial charge in [-0.05, 0) is 24.3 Å². The van der Waals surface area contributed by atoms with E-state index in [0.717, 1.165) is 63.2 Å². The van der Waals surface area contributed by atoms with Crippen molar-refractivity contribution in [3.63, 3.8) is 0 Å².